The van der Waals surface area contributed by atoms with Crippen molar-refractivity contribution in [3.8, 4) is 0 Å². The molecule has 98 valence electrons. The maximum atomic E-state index is 11.1. The van der Waals surface area contributed by atoms with Gasteiger partial charge in [0.25, 0.3) is 5.69 Å². The van der Waals surface area contributed by atoms with E-state index in [2.05, 4.69) is 49.0 Å². The largest absolute Gasteiger partial charge is 0.485 e. The Morgan fingerprint density at radius 2 is 1.69 bits per heavy atom. The Hall–Kier alpha value is 1.60. The molecule has 4 N–H and O–H groups in total. The average molecular weight is 350 g/mol. The highest BCUT2D eigenvalue weighted by Gasteiger charge is 2.35. The number of hydrogen-bond acceptors (Lipinski definition) is 7. The van der Waals surface area contributed by atoms with Gasteiger partial charge in [0.05, 0.1) is 13.2 Å². The number of hydrogen-bond donors (Lipinski definition) is 5. The second kappa shape index (κ2) is 6.68. The minimum Gasteiger partial charge on any atom is -0.394 e. The molecule has 0 aromatic rings. The van der Waals surface area contributed by atoms with Crippen molar-refractivity contribution in [2.45, 2.75) is 0 Å². The van der Waals surface area contributed by atoms with Gasteiger partial charge in [-0.05, 0) is 23.6 Å². The number of rotatable bonds is 7. The summed E-state index contributed by atoms with van der Waals surface area (Å²) in [7, 11) is -4.87. The Kier molecular flexibility index (Phi) is 7.34. The molecule has 0 fully saturated rings. The van der Waals surface area contributed by atoms with E-state index < -0.39 is 26.8 Å². The molecule has 0 heterocycles. The van der Waals surface area contributed by atoms with Crippen molar-refractivity contribution in [1.29, 1.82) is 0 Å². The van der Waals surface area contributed by atoms with Gasteiger partial charge >= 0.3 is 14.5 Å². The third-order valence-electron chi connectivity index (χ3n) is 0.762. The van der Waals surface area contributed by atoms with Gasteiger partial charge in [-0.25, -0.2) is 13.2 Å². The molecular formula is C2H9O8P3S3. The van der Waals surface area contributed by atoms with Crippen molar-refractivity contribution in [2.24, 2.45) is 0 Å². The number of aliphatic hydroxyl groups excluding tert-OH is 1. The van der Waals surface area contributed by atoms with Crippen LogP contribution in [0.25, 0.3) is 0 Å². The molecule has 0 radical (unpaired) electrons. The lowest BCUT2D eigenvalue weighted by atomic mass is 10.8. The summed E-state index contributed by atoms with van der Waals surface area (Å²) in [5, 5.41) is 8.37. The van der Waals surface area contributed by atoms with Crippen LogP contribution in [0.4, 0.5) is 0 Å². The standard InChI is InChI=1S/C2H9O8P3S3/c3-1-2-8-12(6,14)9-11(4,5)10-13(7,15)16/h3H,1-2H2,(H,4,5)(H,6,14)(H2,7,15,16). The van der Waals surface area contributed by atoms with Crippen LogP contribution in [-0.4, -0.2) is 33.0 Å². The van der Waals surface area contributed by atoms with E-state index in [1.807, 2.05) is 0 Å². The summed E-state index contributed by atoms with van der Waals surface area (Å²) in [5.41, 5.74) is -3.75. The predicted molar refractivity (Wildman–Crippen MR) is 67.0 cm³/mol. The van der Waals surface area contributed by atoms with Crippen molar-refractivity contribution >= 4 is 56.1 Å². The zero-order chi connectivity index (χ0) is 13.0. The molecular weight excluding hydrogens is 341 g/mol. The molecule has 3 unspecified atom stereocenters. The minimum absolute atomic E-state index is 0.387. The monoisotopic (exact) mass is 350 g/mol. The minimum atomic E-state index is -4.87. The van der Waals surface area contributed by atoms with E-state index in [0.29, 0.717) is 0 Å². The summed E-state index contributed by atoms with van der Waals surface area (Å²) in [4.78, 5) is 27.1. The van der Waals surface area contributed by atoms with Gasteiger partial charge in [0.2, 0.25) is 0 Å². The third kappa shape index (κ3) is 9.61. The first-order valence-electron chi connectivity index (χ1n) is 3.37. The van der Waals surface area contributed by atoms with Crippen LogP contribution in [0.5, 0.6) is 0 Å². The van der Waals surface area contributed by atoms with Gasteiger partial charge in [0.15, 0.2) is 0 Å². The lowest BCUT2D eigenvalue weighted by Crippen LogP contribution is -1.99. The molecule has 0 aromatic heterocycles. The Bertz CT molecular complexity index is 364. The highest BCUT2D eigenvalue weighted by molar-refractivity contribution is 8.60. The van der Waals surface area contributed by atoms with Gasteiger partial charge in [0.1, 0.15) is 0 Å². The summed E-state index contributed by atoms with van der Waals surface area (Å²) in [6.45, 7) is -4.91. The first-order valence-corrected chi connectivity index (χ1v) is 11.3. The van der Waals surface area contributed by atoms with Gasteiger partial charge in [0, 0.05) is 0 Å². The van der Waals surface area contributed by atoms with E-state index in [1.54, 1.807) is 0 Å². The van der Waals surface area contributed by atoms with Crippen LogP contribution in [-0.2, 0) is 41.3 Å². The Labute approximate surface area is 107 Å². The number of thiol groups is 1. The van der Waals surface area contributed by atoms with Crippen LogP contribution in [0, 0.1) is 0 Å². The predicted octanol–water partition coefficient (Wildman–Crippen LogP) is 0.492. The maximum absolute atomic E-state index is 11.1. The smallest absolute Gasteiger partial charge is 0.394 e. The SMILES string of the molecule is O=P(O)(OP(O)(=S)S)OP(O)(=S)OCCO. The molecule has 14 heteroatoms. The van der Waals surface area contributed by atoms with E-state index >= 15 is 0 Å². The van der Waals surface area contributed by atoms with Crippen LogP contribution in [0.3, 0.4) is 0 Å². The zero-order valence-electron chi connectivity index (χ0n) is 7.44. The molecule has 0 aliphatic carbocycles. The second-order valence-electron chi connectivity index (χ2n) is 2.15. The topological polar surface area (TPSA) is 126 Å². The Balaban J connectivity index is 4.52. The van der Waals surface area contributed by atoms with Crippen molar-refractivity contribution in [1.82, 2.24) is 0 Å². The lowest BCUT2D eigenvalue weighted by Gasteiger charge is -2.19. The molecule has 16 heavy (non-hydrogen) atoms. The normalized spacial score (nSPS) is 23.1. The van der Waals surface area contributed by atoms with E-state index in [9.17, 15) is 9.46 Å². The summed E-state index contributed by atoms with van der Waals surface area (Å²) in [6, 6.07) is 0. The molecule has 0 bridgehead atoms. The van der Waals surface area contributed by atoms with E-state index in [-0.39, 0.29) is 6.61 Å². The van der Waals surface area contributed by atoms with Crippen molar-refractivity contribution < 1.29 is 37.5 Å². The fourth-order valence-electron chi connectivity index (χ4n) is 0.459. The Morgan fingerprint density at radius 1 is 1.19 bits per heavy atom. The molecule has 8 nitrogen and oxygen atoms in total. The molecule has 0 aliphatic rings. The van der Waals surface area contributed by atoms with Crippen LogP contribution >= 0.6 is 32.5 Å². The first-order chi connectivity index (χ1) is 6.97. The third-order valence-corrected chi connectivity index (χ3v) is 6.77. The zero-order valence-corrected chi connectivity index (χ0v) is 12.7. The van der Waals surface area contributed by atoms with Crippen LogP contribution in [0.1, 0.15) is 0 Å². The van der Waals surface area contributed by atoms with Crippen LogP contribution < -0.4 is 0 Å². The van der Waals surface area contributed by atoms with Crippen molar-refractivity contribution in [3.63, 3.8) is 0 Å². The highest BCUT2D eigenvalue weighted by atomic mass is 32.9. The lowest BCUT2D eigenvalue weighted by molar-refractivity contribution is 0.173. The molecule has 0 aliphatic heterocycles. The number of phosphoric acid groups is 1. The van der Waals surface area contributed by atoms with Gasteiger partial charge < -0.3 is 24.3 Å². The van der Waals surface area contributed by atoms with Crippen LogP contribution in [0.2, 0.25) is 0 Å². The summed E-state index contributed by atoms with van der Waals surface area (Å²) in [5.74, 6) is 0. The molecule has 3 atom stereocenters. The number of aliphatic hydroxyl groups is 1. The summed E-state index contributed by atoms with van der Waals surface area (Å²) < 4.78 is 23.7. The first kappa shape index (κ1) is 17.6. The summed E-state index contributed by atoms with van der Waals surface area (Å²) in [6.07, 6.45) is 0. The highest BCUT2D eigenvalue weighted by Crippen LogP contribution is 2.68. The van der Waals surface area contributed by atoms with Gasteiger partial charge in [-0.1, -0.05) is 12.2 Å². The molecule has 0 aromatic carbocycles. The Morgan fingerprint density at radius 3 is 2.06 bits per heavy atom. The molecule has 0 saturated carbocycles. The molecule has 0 spiro atoms. The maximum Gasteiger partial charge on any atom is 0.485 e. The molecule has 0 rings (SSSR count). The van der Waals surface area contributed by atoms with Crippen LogP contribution in [0.15, 0.2) is 0 Å². The molecule has 0 amide bonds. The van der Waals surface area contributed by atoms with E-state index in [0.717, 1.165) is 0 Å². The second-order valence-corrected chi connectivity index (χ2v) is 11.9. The average Bonchev–Trinajstić information content (AvgIpc) is 1.93. The fraction of sp³-hybridized carbons (Fsp3) is 1.00. The van der Waals surface area contributed by atoms with Gasteiger partial charge in [-0.15, -0.1) is 0 Å². The van der Waals surface area contributed by atoms with E-state index in [1.165, 1.54) is 0 Å². The van der Waals surface area contributed by atoms with Gasteiger partial charge in [-0.2, -0.15) is 0 Å². The van der Waals surface area contributed by atoms with Crippen molar-refractivity contribution in [2.75, 3.05) is 13.2 Å². The van der Waals surface area contributed by atoms with Crippen molar-refractivity contribution in [3.05, 3.63) is 0 Å². The fourth-order valence-corrected chi connectivity index (χ4v) is 6.04. The van der Waals surface area contributed by atoms with E-state index in [4.69, 9.17) is 14.9 Å². The summed E-state index contributed by atoms with van der Waals surface area (Å²) >= 11 is 11.9. The van der Waals surface area contributed by atoms with Gasteiger partial charge in [-0.3, -0.25) is 0 Å². The molecule has 0 saturated heterocycles. The quantitative estimate of drug-likeness (QED) is 0.327.